The van der Waals surface area contributed by atoms with Crippen LogP contribution >= 0.6 is 7.60 Å². The van der Waals surface area contributed by atoms with E-state index >= 15 is 0 Å². The molecule has 0 aliphatic carbocycles. The summed E-state index contributed by atoms with van der Waals surface area (Å²) in [4.78, 5) is 25.5. The van der Waals surface area contributed by atoms with Crippen molar-refractivity contribution in [3.63, 3.8) is 0 Å². The number of nitrogens with one attached hydrogen (secondary N) is 1. The maximum absolute atomic E-state index is 12.6. The Morgan fingerprint density at radius 1 is 1.31 bits per heavy atom. The van der Waals surface area contributed by atoms with E-state index in [1.807, 2.05) is 6.92 Å². The molecule has 0 unspecified atom stereocenters. The zero-order chi connectivity index (χ0) is 19.3. The first-order chi connectivity index (χ1) is 12.3. The molecule has 0 amide bonds. The van der Waals surface area contributed by atoms with Gasteiger partial charge in [-0.15, -0.1) is 0 Å². The van der Waals surface area contributed by atoms with Crippen LogP contribution in [0.2, 0.25) is 0 Å². The minimum Gasteiger partial charge on any atom is -0.376 e. The number of hydrogen-bond acceptors (Lipinski definition) is 7. The van der Waals surface area contributed by atoms with Gasteiger partial charge in [-0.1, -0.05) is 6.92 Å². The maximum atomic E-state index is 12.6. The van der Waals surface area contributed by atoms with Crippen LogP contribution in [0.3, 0.4) is 0 Å². The Balaban J connectivity index is 2.27. The minimum atomic E-state index is -3.35. The van der Waals surface area contributed by atoms with Gasteiger partial charge >= 0.3 is 13.3 Å². The summed E-state index contributed by atoms with van der Waals surface area (Å²) in [6.45, 7) is 5.85. The Kier molecular flexibility index (Phi) is 7.14. The SMILES string of the molecule is CCOP(=O)(/C=C/[C@@H]1O[C@H](n2ccc(=O)[nH]c2=O)[C@@H](OC)[C@H]1C)OCC. The molecular formula is C16H25N2O7P. The molecule has 2 heterocycles. The van der Waals surface area contributed by atoms with Gasteiger partial charge in [0.2, 0.25) is 0 Å². The molecule has 0 bridgehead atoms. The second-order valence-corrected chi connectivity index (χ2v) is 7.68. The maximum Gasteiger partial charge on any atom is 0.353 e. The summed E-state index contributed by atoms with van der Waals surface area (Å²) < 4.78 is 35.7. The van der Waals surface area contributed by atoms with Gasteiger partial charge in [0.25, 0.3) is 5.56 Å². The monoisotopic (exact) mass is 388 g/mol. The number of aromatic amines is 1. The second kappa shape index (κ2) is 8.92. The highest BCUT2D eigenvalue weighted by Crippen LogP contribution is 2.50. The third kappa shape index (κ3) is 4.61. The largest absolute Gasteiger partial charge is 0.376 e. The molecule has 1 aliphatic heterocycles. The second-order valence-electron chi connectivity index (χ2n) is 5.79. The van der Waals surface area contributed by atoms with Gasteiger partial charge in [0, 0.05) is 31.1 Å². The molecular weight excluding hydrogens is 363 g/mol. The van der Waals surface area contributed by atoms with Crippen LogP contribution in [0.25, 0.3) is 0 Å². The van der Waals surface area contributed by atoms with E-state index < -0.39 is 37.3 Å². The number of H-pyrrole nitrogens is 1. The van der Waals surface area contributed by atoms with Crippen molar-refractivity contribution in [2.45, 2.75) is 39.2 Å². The number of hydrogen-bond donors (Lipinski definition) is 1. The van der Waals surface area contributed by atoms with E-state index in [4.69, 9.17) is 18.5 Å². The van der Waals surface area contributed by atoms with Crippen LogP contribution in [0, 0.1) is 5.92 Å². The van der Waals surface area contributed by atoms with Crippen LogP contribution in [-0.4, -0.2) is 42.1 Å². The molecule has 9 nitrogen and oxygen atoms in total. The quantitative estimate of drug-likeness (QED) is 0.677. The highest BCUT2D eigenvalue weighted by Gasteiger charge is 2.43. The Hall–Kier alpha value is -1.51. The summed E-state index contributed by atoms with van der Waals surface area (Å²) in [6.07, 6.45) is 1.33. The van der Waals surface area contributed by atoms with E-state index in [2.05, 4.69) is 4.98 Å². The van der Waals surface area contributed by atoms with E-state index in [-0.39, 0.29) is 19.1 Å². The van der Waals surface area contributed by atoms with Crippen molar-refractivity contribution in [2.24, 2.45) is 5.92 Å². The topological polar surface area (TPSA) is 109 Å². The van der Waals surface area contributed by atoms with E-state index in [1.165, 1.54) is 29.8 Å². The van der Waals surface area contributed by atoms with E-state index in [0.717, 1.165) is 0 Å². The molecule has 2 rings (SSSR count). The van der Waals surface area contributed by atoms with E-state index in [0.29, 0.717) is 0 Å². The Morgan fingerprint density at radius 3 is 2.50 bits per heavy atom. The third-order valence-electron chi connectivity index (χ3n) is 4.09. The highest BCUT2D eigenvalue weighted by atomic mass is 31.2. The van der Waals surface area contributed by atoms with Crippen LogP contribution in [0.4, 0.5) is 0 Å². The molecule has 1 aliphatic rings. The molecule has 1 fully saturated rings. The predicted molar refractivity (Wildman–Crippen MR) is 95.2 cm³/mol. The van der Waals surface area contributed by atoms with Crippen molar-refractivity contribution in [2.75, 3.05) is 20.3 Å². The number of methoxy groups -OCH3 is 1. The van der Waals surface area contributed by atoms with Gasteiger partial charge in [0.05, 0.1) is 19.3 Å². The number of nitrogens with zero attached hydrogens (tertiary/aromatic N) is 1. The van der Waals surface area contributed by atoms with E-state index in [9.17, 15) is 14.2 Å². The summed E-state index contributed by atoms with van der Waals surface area (Å²) in [5.74, 6) is 1.24. The van der Waals surface area contributed by atoms with Gasteiger partial charge in [-0.05, 0) is 19.9 Å². The molecule has 1 aromatic heterocycles. The zero-order valence-electron chi connectivity index (χ0n) is 15.3. The lowest BCUT2D eigenvalue weighted by Crippen LogP contribution is -2.36. The van der Waals surface area contributed by atoms with Crippen LogP contribution in [0.5, 0.6) is 0 Å². The lowest BCUT2D eigenvalue weighted by molar-refractivity contribution is -0.0444. The average Bonchev–Trinajstić information content (AvgIpc) is 2.89. The molecule has 146 valence electrons. The fourth-order valence-electron chi connectivity index (χ4n) is 2.89. The Morgan fingerprint density at radius 2 is 1.96 bits per heavy atom. The molecule has 1 saturated heterocycles. The Bertz CT molecular complexity index is 777. The third-order valence-corrected chi connectivity index (χ3v) is 5.86. The van der Waals surface area contributed by atoms with Crippen LogP contribution in [0.1, 0.15) is 27.0 Å². The molecule has 1 N–H and O–H groups in total. The summed E-state index contributed by atoms with van der Waals surface area (Å²) in [6, 6.07) is 1.24. The van der Waals surface area contributed by atoms with Gasteiger partial charge in [-0.3, -0.25) is 18.9 Å². The summed E-state index contributed by atoms with van der Waals surface area (Å²) in [7, 11) is -1.83. The smallest absolute Gasteiger partial charge is 0.353 e. The van der Waals surface area contributed by atoms with Crippen molar-refractivity contribution in [1.29, 1.82) is 0 Å². The fraction of sp³-hybridized carbons (Fsp3) is 0.625. The molecule has 26 heavy (non-hydrogen) atoms. The van der Waals surface area contributed by atoms with Crippen LogP contribution in [0.15, 0.2) is 33.7 Å². The zero-order valence-corrected chi connectivity index (χ0v) is 16.2. The van der Waals surface area contributed by atoms with Gasteiger partial charge in [0.15, 0.2) is 6.23 Å². The standard InChI is InChI=1S/C16H25N2O7P/c1-5-23-26(21,24-6-2)10-8-12-11(3)14(22-4)15(25-12)18-9-7-13(19)17-16(18)20/h7-12,14-15H,5-6H2,1-4H3,(H,17,19,20)/b10-8+/t11-,12-,14-,15-/m0/s1. The first-order valence-corrected chi connectivity index (χ1v) is 10.0. The summed E-state index contributed by atoms with van der Waals surface area (Å²) >= 11 is 0. The van der Waals surface area contributed by atoms with Crippen molar-refractivity contribution >= 4 is 7.60 Å². The minimum absolute atomic E-state index is 0.142. The summed E-state index contributed by atoms with van der Waals surface area (Å²) in [5.41, 5.74) is -1.08. The highest BCUT2D eigenvalue weighted by molar-refractivity contribution is 7.57. The molecule has 0 saturated carbocycles. The fourth-order valence-corrected chi connectivity index (χ4v) is 4.23. The molecule has 10 heteroatoms. The van der Waals surface area contributed by atoms with Crippen LogP contribution in [-0.2, 0) is 23.1 Å². The van der Waals surface area contributed by atoms with Gasteiger partial charge in [-0.2, -0.15) is 0 Å². The number of aromatic nitrogens is 2. The molecule has 1 aromatic rings. The van der Waals surface area contributed by atoms with Crippen molar-refractivity contribution in [3.05, 3.63) is 45.0 Å². The lowest BCUT2D eigenvalue weighted by Gasteiger charge is -2.20. The number of rotatable bonds is 8. The lowest BCUT2D eigenvalue weighted by atomic mass is 10.0. The first kappa shape index (κ1) is 20.8. The van der Waals surface area contributed by atoms with Gasteiger partial charge in [0.1, 0.15) is 6.10 Å². The normalized spacial score (nSPS) is 26.6. The first-order valence-electron chi connectivity index (χ1n) is 8.43. The van der Waals surface area contributed by atoms with Gasteiger partial charge < -0.3 is 18.5 Å². The van der Waals surface area contributed by atoms with Gasteiger partial charge in [-0.25, -0.2) is 4.79 Å². The molecule has 0 aromatic carbocycles. The molecule has 0 spiro atoms. The van der Waals surface area contributed by atoms with Crippen molar-refractivity contribution in [1.82, 2.24) is 9.55 Å². The predicted octanol–water partition coefficient (Wildman–Crippen LogP) is 1.86. The van der Waals surface area contributed by atoms with Crippen molar-refractivity contribution < 1.29 is 23.1 Å². The van der Waals surface area contributed by atoms with Crippen molar-refractivity contribution in [3.8, 4) is 0 Å². The molecule has 4 atom stereocenters. The average molecular weight is 388 g/mol. The Labute approximate surface area is 151 Å². The van der Waals surface area contributed by atoms with E-state index in [1.54, 1.807) is 19.9 Å². The molecule has 0 radical (unpaired) electrons. The summed E-state index contributed by atoms with van der Waals surface area (Å²) in [5, 5.41) is 0. The van der Waals surface area contributed by atoms with Crippen LogP contribution < -0.4 is 11.2 Å². The number of ether oxygens (including phenoxy) is 2.